The largest absolute Gasteiger partial charge is 0.341 e. The summed E-state index contributed by atoms with van der Waals surface area (Å²) in [7, 11) is 0. The highest BCUT2D eigenvalue weighted by atomic mass is 35.5. The van der Waals surface area contributed by atoms with Crippen molar-refractivity contribution in [3.63, 3.8) is 0 Å². The summed E-state index contributed by atoms with van der Waals surface area (Å²) in [5.41, 5.74) is 1.88. The van der Waals surface area contributed by atoms with Crippen LogP contribution in [0.3, 0.4) is 0 Å². The number of anilines is 1. The molecule has 162 valence electrons. The van der Waals surface area contributed by atoms with Gasteiger partial charge in [0.2, 0.25) is 11.8 Å². The van der Waals surface area contributed by atoms with Gasteiger partial charge in [-0.05, 0) is 43.4 Å². The summed E-state index contributed by atoms with van der Waals surface area (Å²) in [6, 6.07) is 11.3. The van der Waals surface area contributed by atoms with Crippen molar-refractivity contribution in [2.45, 2.75) is 25.1 Å². The van der Waals surface area contributed by atoms with E-state index in [0.717, 1.165) is 22.6 Å². The van der Waals surface area contributed by atoms with Gasteiger partial charge in [-0.3, -0.25) is 9.59 Å². The van der Waals surface area contributed by atoms with Crippen LogP contribution in [-0.2, 0) is 21.9 Å². The SMILES string of the molecule is CSCc1nc2ccccc2n1CC(=O)N1CCC(C(=O)Nc2ccc(Cl)cn2)CC1. The number of nitrogens with zero attached hydrogens (tertiary/aromatic N) is 4. The van der Waals surface area contributed by atoms with E-state index in [1.165, 1.54) is 6.20 Å². The first-order valence-electron chi connectivity index (χ1n) is 10.2. The number of carbonyl (C=O) groups excluding carboxylic acids is 2. The lowest BCUT2D eigenvalue weighted by atomic mass is 9.96. The number of likely N-dealkylation sites (tertiary alicyclic amines) is 1. The van der Waals surface area contributed by atoms with Crippen molar-refractivity contribution in [1.82, 2.24) is 19.4 Å². The van der Waals surface area contributed by atoms with Crippen molar-refractivity contribution in [2.75, 3.05) is 24.7 Å². The summed E-state index contributed by atoms with van der Waals surface area (Å²) in [4.78, 5) is 36.2. The summed E-state index contributed by atoms with van der Waals surface area (Å²) in [5.74, 6) is 2.01. The van der Waals surface area contributed by atoms with Crippen molar-refractivity contribution < 1.29 is 9.59 Å². The summed E-state index contributed by atoms with van der Waals surface area (Å²) in [6.07, 6.45) is 4.80. The summed E-state index contributed by atoms with van der Waals surface area (Å²) in [6.45, 7) is 1.40. The molecule has 0 saturated carbocycles. The van der Waals surface area contributed by atoms with E-state index in [9.17, 15) is 9.59 Å². The zero-order chi connectivity index (χ0) is 21.8. The fourth-order valence-corrected chi connectivity index (χ4v) is 4.44. The lowest BCUT2D eigenvalue weighted by Gasteiger charge is -2.31. The zero-order valence-corrected chi connectivity index (χ0v) is 18.8. The van der Waals surface area contributed by atoms with Gasteiger partial charge in [0.1, 0.15) is 18.2 Å². The number of carbonyl (C=O) groups is 2. The van der Waals surface area contributed by atoms with Crippen LogP contribution in [0.1, 0.15) is 18.7 Å². The first kappa shape index (κ1) is 21.6. The van der Waals surface area contributed by atoms with Gasteiger partial charge in [-0.2, -0.15) is 11.8 Å². The van der Waals surface area contributed by atoms with Crippen LogP contribution in [0.2, 0.25) is 5.02 Å². The van der Waals surface area contributed by atoms with Crippen LogP contribution >= 0.6 is 23.4 Å². The molecular formula is C22H24ClN5O2S. The van der Waals surface area contributed by atoms with Crippen molar-refractivity contribution >= 4 is 52.0 Å². The molecule has 0 unspecified atom stereocenters. The molecule has 0 atom stereocenters. The van der Waals surface area contributed by atoms with Crippen LogP contribution in [0.25, 0.3) is 11.0 Å². The molecule has 3 heterocycles. The molecule has 2 amide bonds. The van der Waals surface area contributed by atoms with Crippen LogP contribution in [-0.4, -0.2) is 50.6 Å². The Bertz CT molecular complexity index is 1080. The van der Waals surface area contributed by atoms with Crippen LogP contribution in [0, 0.1) is 5.92 Å². The molecule has 0 spiro atoms. The fraction of sp³-hybridized carbons (Fsp3) is 0.364. The van der Waals surface area contributed by atoms with Crippen molar-refractivity contribution in [3.05, 3.63) is 53.4 Å². The molecule has 0 bridgehead atoms. The second kappa shape index (κ2) is 9.70. The number of fused-ring (bicyclic) bond motifs is 1. The maximum atomic E-state index is 13.0. The number of benzene rings is 1. The van der Waals surface area contributed by atoms with E-state index in [1.807, 2.05) is 40.0 Å². The number of thioether (sulfide) groups is 1. The monoisotopic (exact) mass is 457 g/mol. The van der Waals surface area contributed by atoms with Gasteiger partial charge < -0.3 is 14.8 Å². The van der Waals surface area contributed by atoms with E-state index in [2.05, 4.69) is 15.3 Å². The van der Waals surface area contributed by atoms with Gasteiger partial charge in [-0.15, -0.1) is 0 Å². The molecular weight excluding hydrogens is 434 g/mol. The Balaban J connectivity index is 1.36. The molecule has 1 N–H and O–H groups in total. The average molecular weight is 458 g/mol. The number of nitrogens with one attached hydrogen (secondary N) is 1. The third kappa shape index (κ3) is 5.02. The van der Waals surface area contributed by atoms with E-state index in [4.69, 9.17) is 11.6 Å². The number of imidazole rings is 1. The van der Waals surface area contributed by atoms with E-state index >= 15 is 0 Å². The standard InChI is InChI=1S/C22H24ClN5O2S/c1-31-14-20-25-17-4-2-3-5-18(17)28(20)13-21(29)27-10-8-15(9-11-27)22(30)26-19-7-6-16(23)12-24-19/h2-7,12,15H,8-11,13-14H2,1H3,(H,24,26,30). The molecule has 0 aliphatic carbocycles. The molecule has 31 heavy (non-hydrogen) atoms. The fourth-order valence-electron chi connectivity index (χ4n) is 3.85. The van der Waals surface area contributed by atoms with Crippen molar-refractivity contribution in [1.29, 1.82) is 0 Å². The number of piperidine rings is 1. The average Bonchev–Trinajstić information content (AvgIpc) is 3.13. The van der Waals surface area contributed by atoms with Gasteiger partial charge in [0.25, 0.3) is 0 Å². The lowest BCUT2D eigenvalue weighted by Crippen LogP contribution is -2.42. The Morgan fingerprint density at radius 1 is 1.19 bits per heavy atom. The second-order valence-corrected chi connectivity index (χ2v) is 8.84. The highest BCUT2D eigenvalue weighted by Gasteiger charge is 2.28. The molecule has 1 fully saturated rings. The Kier molecular flexibility index (Phi) is 6.77. The van der Waals surface area contributed by atoms with Crippen molar-refractivity contribution in [3.8, 4) is 0 Å². The zero-order valence-electron chi connectivity index (χ0n) is 17.3. The number of aromatic nitrogens is 3. The molecule has 4 rings (SSSR count). The summed E-state index contributed by atoms with van der Waals surface area (Å²) < 4.78 is 2.01. The third-order valence-electron chi connectivity index (χ3n) is 5.50. The molecule has 1 saturated heterocycles. The van der Waals surface area contributed by atoms with Gasteiger partial charge in [-0.25, -0.2) is 9.97 Å². The predicted octanol–water partition coefficient (Wildman–Crippen LogP) is 3.83. The Hall–Kier alpha value is -2.58. The number of halogens is 1. The first-order valence-corrected chi connectivity index (χ1v) is 12.0. The van der Waals surface area contributed by atoms with Crippen LogP contribution in [0.4, 0.5) is 5.82 Å². The summed E-state index contributed by atoms with van der Waals surface area (Å²) >= 11 is 7.52. The minimum atomic E-state index is -0.136. The van der Waals surface area contributed by atoms with Gasteiger partial charge in [-0.1, -0.05) is 23.7 Å². The minimum absolute atomic E-state index is 0.0590. The van der Waals surface area contributed by atoms with Gasteiger partial charge in [0.15, 0.2) is 0 Å². The molecule has 9 heteroatoms. The normalized spacial score (nSPS) is 14.7. The predicted molar refractivity (Wildman–Crippen MR) is 124 cm³/mol. The molecule has 1 aromatic carbocycles. The van der Waals surface area contributed by atoms with Gasteiger partial charge >= 0.3 is 0 Å². The smallest absolute Gasteiger partial charge is 0.242 e. The van der Waals surface area contributed by atoms with E-state index in [0.29, 0.717) is 36.8 Å². The quantitative estimate of drug-likeness (QED) is 0.608. The number of para-hydroxylation sites is 2. The molecule has 2 aromatic heterocycles. The van der Waals surface area contributed by atoms with E-state index < -0.39 is 0 Å². The molecule has 7 nitrogen and oxygen atoms in total. The Morgan fingerprint density at radius 3 is 2.68 bits per heavy atom. The highest BCUT2D eigenvalue weighted by molar-refractivity contribution is 7.97. The number of pyridine rings is 1. The number of hydrogen-bond donors (Lipinski definition) is 1. The topological polar surface area (TPSA) is 80.1 Å². The van der Waals surface area contributed by atoms with E-state index in [1.54, 1.807) is 23.9 Å². The number of amides is 2. The molecule has 1 aliphatic rings. The van der Waals surface area contributed by atoms with Crippen molar-refractivity contribution in [2.24, 2.45) is 5.92 Å². The van der Waals surface area contributed by atoms with Gasteiger partial charge in [0, 0.05) is 25.2 Å². The third-order valence-corrected chi connectivity index (χ3v) is 6.27. The Labute approximate surface area is 190 Å². The Morgan fingerprint density at radius 2 is 1.97 bits per heavy atom. The van der Waals surface area contributed by atoms with Crippen LogP contribution in [0.5, 0.6) is 0 Å². The maximum Gasteiger partial charge on any atom is 0.242 e. The van der Waals surface area contributed by atoms with E-state index in [-0.39, 0.29) is 24.3 Å². The second-order valence-electron chi connectivity index (χ2n) is 7.54. The molecule has 1 aliphatic heterocycles. The molecule has 3 aromatic rings. The first-order chi connectivity index (χ1) is 15.0. The lowest BCUT2D eigenvalue weighted by molar-refractivity contribution is -0.135. The molecule has 0 radical (unpaired) electrons. The number of hydrogen-bond acceptors (Lipinski definition) is 5. The maximum absolute atomic E-state index is 13.0. The van der Waals surface area contributed by atoms with Gasteiger partial charge in [0.05, 0.1) is 21.8 Å². The number of rotatable bonds is 6. The van der Waals surface area contributed by atoms with Crippen LogP contribution in [0.15, 0.2) is 42.6 Å². The summed E-state index contributed by atoms with van der Waals surface area (Å²) in [5, 5.41) is 3.36. The van der Waals surface area contributed by atoms with Crippen LogP contribution < -0.4 is 5.32 Å². The minimum Gasteiger partial charge on any atom is -0.341 e. The highest BCUT2D eigenvalue weighted by Crippen LogP contribution is 2.22.